The van der Waals surface area contributed by atoms with Gasteiger partial charge >= 0.3 is 0 Å². The summed E-state index contributed by atoms with van der Waals surface area (Å²) < 4.78 is 27.0. The van der Waals surface area contributed by atoms with Crippen molar-refractivity contribution in [2.24, 2.45) is 4.99 Å². The van der Waals surface area contributed by atoms with Gasteiger partial charge in [0.1, 0.15) is 11.6 Å². The highest BCUT2D eigenvalue weighted by Crippen LogP contribution is 2.11. The summed E-state index contributed by atoms with van der Waals surface area (Å²) in [5.41, 5.74) is 1.59. The Hall–Kier alpha value is -2.94. The summed E-state index contributed by atoms with van der Waals surface area (Å²) in [6.45, 7) is 3.34. The minimum atomic E-state index is -0.446. The van der Waals surface area contributed by atoms with Crippen LogP contribution >= 0.6 is 0 Å². The number of nitriles is 1. The van der Waals surface area contributed by atoms with Crippen molar-refractivity contribution in [1.29, 1.82) is 5.26 Å². The van der Waals surface area contributed by atoms with Gasteiger partial charge in [-0.25, -0.2) is 13.8 Å². The van der Waals surface area contributed by atoms with Crippen LogP contribution in [0.25, 0.3) is 0 Å². The molecule has 0 aromatic heterocycles. The normalized spacial score (nSPS) is 11.0. The number of nitrogens with one attached hydrogen (secondary N) is 2. The van der Waals surface area contributed by atoms with E-state index < -0.39 is 5.82 Å². The van der Waals surface area contributed by atoms with Crippen LogP contribution in [-0.4, -0.2) is 19.0 Å². The Labute approximate surface area is 146 Å². The fraction of sp³-hybridized carbons (Fsp3) is 0.263. The van der Waals surface area contributed by atoms with Gasteiger partial charge in [-0.2, -0.15) is 5.26 Å². The molecule has 0 saturated heterocycles. The third kappa shape index (κ3) is 5.88. The molecule has 2 N–H and O–H groups in total. The van der Waals surface area contributed by atoms with Crippen LogP contribution in [0.5, 0.6) is 0 Å². The number of nitrogens with zero attached hydrogens (tertiary/aromatic N) is 2. The molecule has 6 heteroatoms. The minimum absolute atomic E-state index is 0.160. The fourth-order valence-electron chi connectivity index (χ4n) is 2.27. The molecule has 2 aromatic carbocycles. The van der Waals surface area contributed by atoms with Crippen LogP contribution in [0.15, 0.2) is 47.5 Å². The summed E-state index contributed by atoms with van der Waals surface area (Å²) in [6, 6.07) is 12.7. The average molecular weight is 342 g/mol. The standard InChI is InChI=1S/C19H20F2N4/c1-2-23-19(24-9-8-14-4-3-5-17(20)10-14)25-13-16-7-6-15(12-22)11-18(16)21/h3-7,10-11H,2,8-9,13H2,1H3,(H2,23,24,25). The molecular formula is C19H20F2N4. The van der Waals surface area contributed by atoms with Gasteiger partial charge in [0.25, 0.3) is 0 Å². The van der Waals surface area contributed by atoms with Crippen LogP contribution in [0.3, 0.4) is 0 Å². The Morgan fingerprint density at radius 3 is 2.68 bits per heavy atom. The van der Waals surface area contributed by atoms with Crippen LogP contribution in [0.1, 0.15) is 23.6 Å². The zero-order valence-electron chi connectivity index (χ0n) is 14.0. The van der Waals surface area contributed by atoms with Gasteiger partial charge in [0.05, 0.1) is 18.2 Å². The predicted molar refractivity (Wildman–Crippen MR) is 94.0 cm³/mol. The van der Waals surface area contributed by atoms with Crippen LogP contribution in [0.2, 0.25) is 0 Å². The zero-order chi connectivity index (χ0) is 18.1. The summed E-state index contributed by atoms with van der Waals surface area (Å²) >= 11 is 0. The maximum atomic E-state index is 13.9. The van der Waals surface area contributed by atoms with Crippen molar-refractivity contribution in [2.75, 3.05) is 13.1 Å². The van der Waals surface area contributed by atoms with Crippen LogP contribution in [-0.2, 0) is 13.0 Å². The summed E-state index contributed by atoms with van der Waals surface area (Å²) in [6.07, 6.45) is 0.646. The Balaban J connectivity index is 1.95. The molecule has 2 aromatic rings. The molecule has 130 valence electrons. The molecule has 0 radical (unpaired) electrons. The first-order chi connectivity index (χ1) is 12.1. The third-order valence-corrected chi connectivity index (χ3v) is 3.53. The van der Waals surface area contributed by atoms with E-state index in [9.17, 15) is 8.78 Å². The minimum Gasteiger partial charge on any atom is -0.357 e. The molecule has 0 fully saturated rings. The average Bonchev–Trinajstić information content (AvgIpc) is 2.60. The molecule has 0 aliphatic heterocycles. The Kier molecular flexibility index (Phi) is 6.90. The molecule has 0 amide bonds. The van der Waals surface area contributed by atoms with Crippen molar-refractivity contribution in [3.8, 4) is 6.07 Å². The Morgan fingerprint density at radius 2 is 2.00 bits per heavy atom. The van der Waals surface area contributed by atoms with Crippen molar-refractivity contribution in [3.63, 3.8) is 0 Å². The molecule has 0 saturated carbocycles. The topological polar surface area (TPSA) is 60.2 Å². The lowest BCUT2D eigenvalue weighted by atomic mass is 10.1. The predicted octanol–water partition coefficient (Wildman–Crippen LogP) is 3.13. The second-order valence-corrected chi connectivity index (χ2v) is 5.42. The fourth-order valence-corrected chi connectivity index (χ4v) is 2.27. The van der Waals surface area contributed by atoms with Gasteiger partial charge in [-0.1, -0.05) is 18.2 Å². The first-order valence-electron chi connectivity index (χ1n) is 8.07. The van der Waals surface area contributed by atoms with E-state index in [1.54, 1.807) is 18.2 Å². The summed E-state index contributed by atoms with van der Waals surface area (Å²) in [5, 5.41) is 15.0. The van der Waals surface area contributed by atoms with Gasteiger partial charge in [-0.3, -0.25) is 0 Å². The van der Waals surface area contributed by atoms with Gasteiger partial charge < -0.3 is 10.6 Å². The molecule has 0 spiro atoms. The van der Waals surface area contributed by atoms with E-state index in [0.29, 0.717) is 31.0 Å². The number of rotatable bonds is 6. The first kappa shape index (κ1) is 18.4. The Bertz CT molecular complexity index is 781. The smallest absolute Gasteiger partial charge is 0.191 e. The van der Waals surface area contributed by atoms with Crippen molar-refractivity contribution in [1.82, 2.24) is 10.6 Å². The molecule has 2 rings (SSSR count). The highest BCUT2D eigenvalue weighted by molar-refractivity contribution is 5.79. The quantitative estimate of drug-likeness (QED) is 0.626. The molecule has 0 aliphatic carbocycles. The third-order valence-electron chi connectivity index (χ3n) is 3.53. The molecule has 4 nitrogen and oxygen atoms in total. The number of hydrogen-bond donors (Lipinski definition) is 2. The van der Waals surface area contributed by atoms with E-state index in [0.717, 1.165) is 5.56 Å². The number of halogens is 2. The van der Waals surface area contributed by atoms with Crippen LogP contribution < -0.4 is 10.6 Å². The zero-order valence-corrected chi connectivity index (χ0v) is 14.0. The van der Waals surface area contributed by atoms with Crippen molar-refractivity contribution < 1.29 is 8.78 Å². The SMILES string of the molecule is CCNC(=NCc1ccc(C#N)cc1F)NCCc1cccc(F)c1. The van der Waals surface area contributed by atoms with E-state index in [2.05, 4.69) is 15.6 Å². The molecule has 25 heavy (non-hydrogen) atoms. The largest absolute Gasteiger partial charge is 0.357 e. The number of benzene rings is 2. The molecule has 0 unspecified atom stereocenters. The molecule has 0 bridgehead atoms. The highest BCUT2D eigenvalue weighted by Gasteiger charge is 2.04. The molecule has 0 aliphatic rings. The first-order valence-corrected chi connectivity index (χ1v) is 8.07. The van der Waals surface area contributed by atoms with Gasteiger partial charge in [0.2, 0.25) is 0 Å². The number of guanidine groups is 1. The second kappa shape index (κ2) is 9.38. The van der Waals surface area contributed by atoms with E-state index in [1.807, 2.05) is 19.1 Å². The molecular weight excluding hydrogens is 322 g/mol. The van der Waals surface area contributed by atoms with E-state index in [-0.39, 0.29) is 17.9 Å². The lowest BCUT2D eigenvalue weighted by Gasteiger charge is -2.11. The second-order valence-electron chi connectivity index (χ2n) is 5.42. The van der Waals surface area contributed by atoms with Gasteiger partial charge in [0.15, 0.2) is 5.96 Å². The van der Waals surface area contributed by atoms with Crippen molar-refractivity contribution in [3.05, 3.63) is 70.8 Å². The summed E-state index contributed by atoms with van der Waals surface area (Å²) in [4.78, 5) is 4.35. The van der Waals surface area contributed by atoms with Crippen LogP contribution in [0, 0.1) is 23.0 Å². The summed E-state index contributed by atoms with van der Waals surface area (Å²) in [5.74, 6) is -0.143. The summed E-state index contributed by atoms with van der Waals surface area (Å²) in [7, 11) is 0. The molecule has 0 atom stereocenters. The van der Waals surface area contributed by atoms with E-state index >= 15 is 0 Å². The van der Waals surface area contributed by atoms with Gasteiger partial charge in [-0.15, -0.1) is 0 Å². The number of hydrogen-bond acceptors (Lipinski definition) is 2. The van der Waals surface area contributed by atoms with Crippen molar-refractivity contribution >= 4 is 5.96 Å². The molecule has 0 heterocycles. The van der Waals surface area contributed by atoms with Gasteiger partial charge in [0, 0.05) is 18.7 Å². The lowest BCUT2D eigenvalue weighted by Crippen LogP contribution is -2.38. The van der Waals surface area contributed by atoms with Crippen molar-refractivity contribution in [2.45, 2.75) is 19.9 Å². The van der Waals surface area contributed by atoms with E-state index in [1.165, 1.54) is 18.2 Å². The number of aliphatic imine (C=N–C) groups is 1. The highest BCUT2D eigenvalue weighted by atomic mass is 19.1. The monoisotopic (exact) mass is 342 g/mol. The lowest BCUT2D eigenvalue weighted by molar-refractivity contribution is 0.609. The van der Waals surface area contributed by atoms with E-state index in [4.69, 9.17) is 5.26 Å². The van der Waals surface area contributed by atoms with Gasteiger partial charge in [-0.05, 0) is 43.2 Å². The maximum absolute atomic E-state index is 13.9. The van der Waals surface area contributed by atoms with Crippen LogP contribution in [0.4, 0.5) is 8.78 Å². The Morgan fingerprint density at radius 1 is 1.16 bits per heavy atom. The maximum Gasteiger partial charge on any atom is 0.191 e.